The number of esters is 1. The molecule has 0 bridgehead atoms. The Morgan fingerprint density at radius 3 is 2.12 bits per heavy atom. The molecule has 3 aliphatic rings. The van der Waals surface area contributed by atoms with E-state index in [1.54, 1.807) is 0 Å². The van der Waals surface area contributed by atoms with E-state index in [1.807, 2.05) is 6.92 Å². The fourth-order valence-electron chi connectivity index (χ4n) is 3.47. The van der Waals surface area contributed by atoms with Crippen LogP contribution in [0.3, 0.4) is 0 Å². The summed E-state index contributed by atoms with van der Waals surface area (Å²) in [5, 5.41) is 0. The summed E-state index contributed by atoms with van der Waals surface area (Å²) < 4.78 is 5.54. The fourth-order valence-corrected chi connectivity index (χ4v) is 3.47. The summed E-state index contributed by atoms with van der Waals surface area (Å²) >= 11 is 0. The summed E-state index contributed by atoms with van der Waals surface area (Å²) in [5.41, 5.74) is -1.44. The topological polar surface area (TPSA) is 43.4 Å². The third-order valence-corrected chi connectivity index (χ3v) is 4.69. The molecule has 0 N–H and O–H groups in total. The average Bonchev–Trinajstić information content (AvgIpc) is 2.94. The molecule has 1 heterocycles. The number of carbonyl (C=O) groups is 2. The molecule has 88 valence electrons. The highest BCUT2D eigenvalue weighted by Gasteiger charge is 2.74. The van der Waals surface area contributed by atoms with E-state index in [0.29, 0.717) is 6.42 Å². The van der Waals surface area contributed by atoms with Gasteiger partial charge in [0.1, 0.15) is 5.41 Å². The molecule has 2 aliphatic carbocycles. The van der Waals surface area contributed by atoms with Crippen LogP contribution in [-0.4, -0.2) is 17.4 Å². The molecule has 0 aromatic heterocycles. The van der Waals surface area contributed by atoms with Crippen molar-refractivity contribution in [3.8, 4) is 0 Å². The lowest BCUT2D eigenvalue weighted by Gasteiger charge is -2.24. The van der Waals surface area contributed by atoms with Crippen molar-refractivity contribution in [3.05, 3.63) is 0 Å². The molecule has 2 atom stereocenters. The molecule has 2 spiro atoms. The predicted molar refractivity (Wildman–Crippen MR) is 57.7 cm³/mol. The molecule has 0 aromatic carbocycles. The zero-order chi connectivity index (χ0) is 11.4. The largest absolute Gasteiger partial charge is 0.450 e. The highest BCUT2D eigenvalue weighted by molar-refractivity contribution is 6.16. The maximum atomic E-state index is 12.5. The lowest BCUT2D eigenvalue weighted by Crippen LogP contribution is -2.37. The van der Waals surface area contributed by atoms with Gasteiger partial charge in [0.15, 0.2) is 11.4 Å². The van der Waals surface area contributed by atoms with E-state index in [1.165, 1.54) is 0 Å². The van der Waals surface area contributed by atoms with Crippen LogP contribution in [0.5, 0.6) is 0 Å². The standard InChI is InChI=1S/C13H18O3/c1-9-8-13(9)10(14)12(16-11(13)15)6-4-2-3-5-7-12/h9H,2-8H2,1H3. The van der Waals surface area contributed by atoms with Crippen LogP contribution in [0.4, 0.5) is 0 Å². The van der Waals surface area contributed by atoms with Crippen LogP contribution in [0.25, 0.3) is 0 Å². The van der Waals surface area contributed by atoms with E-state index in [9.17, 15) is 9.59 Å². The van der Waals surface area contributed by atoms with Gasteiger partial charge in [-0.05, 0) is 38.0 Å². The van der Waals surface area contributed by atoms with E-state index >= 15 is 0 Å². The van der Waals surface area contributed by atoms with Crippen LogP contribution in [0, 0.1) is 11.3 Å². The van der Waals surface area contributed by atoms with Crippen molar-refractivity contribution in [2.45, 2.75) is 57.5 Å². The molecule has 2 unspecified atom stereocenters. The molecule has 0 amide bonds. The second-order valence-corrected chi connectivity index (χ2v) is 5.70. The third-order valence-electron chi connectivity index (χ3n) is 4.69. The van der Waals surface area contributed by atoms with Crippen LogP contribution in [0.1, 0.15) is 51.9 Å². The van der Waals surface area contributed by atoms with Gasteiger partial charge in [-0.25, -0.2) is 0 Å². The Bertz CT molecular complexity index is 352. The van der Waals surface area contributed by atoms with Gasteiger partial charge in [0, 0.05) is 0 Å². The minimum absolute atomic E-state index is 0.111. The zero-order valence-corrected chi connectivity index (χ0v) is 9.75. The number of Topliss-reactive ketones (excluding diaryl/α,β-unsaturated/α-hetero) is 1. The fraction of sp³-hybridized carbons (Fsp3) is 0.846. The van der Waals surface area contributed by atoms with Crippen molar-refractivity contribution < 1.29 is 14.3 Å². The summed E-state index contributed by atoms with van der Waals surface area (Å²) in [7, 11) is 0. The van der Waals surface area contributed by atoms with Gasteiger partial charge in [-0.3, -0.25) is 9.59 Å². The Kier molecular flexibility index (Phi) is 1.99. The summed E-state index contributed by atoms with van der Waals surface area (Å²) in [6, 6.07) is 0. The minimum Gasteiger partial charge on any atom is -0.450 e. The Labute approximate surface area is 95.5 Å². The van der Waals surface area contributed by atoms with Gasteiger partial charge >= 0.3 is 5.97 Å². The highest BCUT2D eigenvalue weighted by atomic mass is 16.6. The van der Waals surface area contributed by atoms with Crippen molar-refractivity contribution in [2.24, 2.45) is 11.3 Å². The second-order valence-electron chi connectivity index (χ2n) is 5.70. The first-order chi connectivity index (χ1) is 7.62. The van der Waals surface area contributed by atoms with E-state index < -0.39 is 11.0 Å². The first-order valence-electron chi connectivity index (χ1n) is 6.40. The van der Waals surface area contributed by atoms with E-state index in [2.05, 4.69) is 0 Å². The molecule has 3 nitrogen and oxygen atoms in total. The molecular weight excluding hydrogens is 204 g/mol. The molecule has 2 saturated carbocycles. The van der Waals surface area contributed by atoms with Gasteiger partial charge in [0.2, 0.25) is 0 Å². The van der Waals surface area contributed by atoms with Gasteiger partial charge < -0.3 is 4.74 Å². The Morgan fingerprint density at radius 1 is 1.12 bits per heavy atom. The summed E-state index contributed by atoms with van der Waals surface area (Å²) in [5.74, 6) is 0.0847. The van der Waals surface area contributed by atoms with Crippen LogP contribution in [-0.2, 0) is 14.3 Å². The van der Waals surface area contributed by atoms with Gasteiger partial charge in [-0.15, -0.1) is 0 Å². The monoisotopic (exact) mass is 222 g/mol. The number of hydrogen-bond acceptors (Lipinski definition) is 3. The number of ketones is 1. The van der Waals surface area contributed by atoms with Crippen molar-refractivity contribution in [3.63, 3.8) is 0 Å². The van der Waals surface area contributed by atoms with Crippen molar-refractivity contribution >= 4 is 11.8 Å². The van der Waals surface area contributed by atoms with Crippen LogP contribution < -0.4 is 0 Å². The van der Waals surface area contributed by atoms with Crippen LogP contribution >= 0.6 is 0 Å². The van der Waals surface area contributed by atoms with Crippen molar-refractivity contribution in [1.29, 1.82) is 0 Å². The number of ether oxygens (including phenoxy) is 1. The Hall–Kier alpha value is -0.860. The minimum atomic E-state index is -0.724. The smallest absolute Gasteiger partial charge is 0.321 e. The number of carbonyl (C=O) groups excluding carboxylic acids is 2. The maximum Gasteiger partial charge on any atom is 0.321 e. The molecular formula is C13H18O3. The maximum absolute atomic E-state index is 12.5. The summed E-state index contributed by atoms with van der Waals surface area (Å²) in [4.78, 5) is 24.4. The molecule has 16 heavy (non-hydrogen) atoms. The van der Waals surface area contributed by atoms with Gasteiger partial charge in [-0.2, -0.15) is 0 Å². The number of rotatable bonds is 0. The first kappa shape index (κ1) is 10.3. The van der Waals surface area contributed by atoms with Crippen molar-refractivity contribution in [1.82, 2.24) is 0 Å². The summed E-state index contributed by atoms with van der Waals surface area (Å²) in [6.45, 7) is 1.98. The molecule has 3 rings (SSSR count). The van der Waals surface area contributed by atoms with E-state index in [-0.39, 0.29) is 17.7 Å². The van der Waals surface area contributed by atoms with Gasteiger partial charge in [0.25, 0.3) is 0 Å². The Morgan fingerprint density at radius 2 is 1.69 bits per heavy atom. The van der Waals surface area contributed by atoms with Crippen LogP contribution in [0.2, 0.25) is 0 Å². The zero-order valence-electron chi connectivity index (χ0n) is 9.75. The van der Waals surface area contributed by atoms with Crippen molar-refractivity contribution in [2.75, 3.05) is 0 Å². The second kappa shape index (κ2) is 3.08. The normalized spacial score (nSPS) is 41.2. The Balaban J connectivity index is 1.93. The molecule has 1 aliphatic heterocycles. The van der Waals surface area contributed by atoms with Gasteiger partial charge in [-0.1, -0.05) is 19.8 Å². The summed E-state index contributed by atoms with van der Waals surface area (Å²) in [6.07, 6.45) is 6.59. The van der Waals surface area contributed by atoms with E-state index in [0.717, 1.165) is 38.5 Å². The SMILES string of the molecule is CC1CC12C(=O)OC1(CCCCCC1)C2=O. The highest BCUT2D eigenvalue weighted by Crippen LogP contribution is 2.61. The quantitative estimate of drug-likeness (QED) is 0.466. The third kappa shape index (κ3) is 1.09. The van der Waals surface area contributed by atoms with Crippen LogP contribution in [0.15, 0.2) is 0 Å². The number of hydrogen-bond donors (Lipinski definition) is 0. The molecule has 3 heteroatoms. The molecule has 1 saturated heterocycles. The molecule has 3 fully saturated rings. The lowest BCUT2D eigenvalue weighted by molar-refractivity contribution is -0.154. The first-order valence-corrected chi connectivity index (χ1v) is 6.40. The molecule has 0 aromatic rings. The van der Waals surface area contributed by atoms with E-state index in [4.69, 9.17) is 4.74 Å². The average molecular weight is 222 g/mol. The predicted octanol–water partition coefficient (Wildman–Crippen LogP) is 2.23. The lowest BCUT2D eigenvalue weighted by atomic mass is 9.83. The molecule has 0 radical (unpaired) electrons. The van der Waals surface area contributed by atoms with Gasteiger partial charge in [0.05, 0.1) is 0 Å².